The molecule has 1 aromatic carbocycles. The second-order valence-corrected chi connectivity index (χ2v) is 4.99. The number of nitrogens with one attached hydrogen (secondary N) is 2. The number of aryl methyl sites for hydroxylation is 2. The Kier molecular flexibility index (Phi) is 5.26. The minimum Gasteiger partial charge on any atom is -0.354 e. The average molecular weight is 284 g/mol. The zero-order valence-electron chi connectivity index (χ0n) is 12.4. The largest absolute Gasteiger partial charge is 0.354 e. The second kappa shape index (κ2) is 7.38. The molecule has 0 atom stereocenters. The molecule has 0 unspecified atom stereocenters. The molecule has 0 fully saturated rings. The minimum atomic E-state index is -0.0299. The third kappa shape index (κ3) is 4.87. The summed E-state index contributed by atoms with van der Waals surface area (Å²) in [5.41, 5.74) is 2.91. The number of amides is 1. The quantitative estimate of drug-likeness (QED) is 0.799. The van der Waals surface area contributed by atoms with Crippen LogP contribution in [0.25, 0.3) is 0 Å². The molecule has 2 aromatic rings. The maximum atomic E-state index is 12.0. The zero-order chi connectivity index (χ0) is 15.1. The molecule has 0 aliphatic heterocycles. The molecule has 0 saturated heterocycles. The molecule has 1 aromatic heterocycles. The first-order valence-corrected chi connectivity index (χ1v) is 7.02. The van der Waals surface area contributed by atoms with E-state index in [9.17, 15) is 4.79 Å². The van der Waals surface area contributed by atoms with Crippen molar-refractivity contribution < 1.29 is 4.79 Å². The number of anilines is 1. The van der Waals surface area contributed by atoms with Crippen molar-refractivity contribution in [2.24, 2.45) is 0 Å². The first-order valence-electron chi connectivity index (χ1n) is 7.02. The summed E-state index contributed by atoms with van der Waals surface area (Å²) in [4.78, 5) is 20.2. The summed E-state index contributed by atoms with van der Waals surface area (Å²) in [6, 6.07) is 7.63. The van der Waals surface area contributed by atoms with Crippen LogP contribution in [0.4, 0.5) is 5.95 Å². The van der Waals surface area contributed by atoms with Gasteiger partial charge in [0.25, 0.3) is 5.91 Å². The second-order valence-electron chi connectivity index (χ2n) is 4.99. The molecule has 110 valence electrons. The number of hydrogen-bond donors (Lipinski definition) is 2. The van der Waals surface area contributed by atoms with Crippen molar-refractivity contribution in [1.29, 1.82) is 0 Å². The van der Waals surface area contributed by atoms with E-state index in [1.54, 1.807) is 18.5 Å². The summed E-state index contributed by atoms with van der Waals surface area (Å²) in [5, 5.41) is 6.02. The molecule has 0 saturated carbocycles. The molecule has 2 N–H and O–H groups in total. The van der Waals surface area contributed by atoms with Gasteiger partial charge in [-0.05, 0) is 38.5 Å². The first-order chi connectivity index (χ1) is 10.1. The van der Waals surface area contributed by atoms with Crippen molar-refractivity contribution >= 4 is 11.9 Å². The molecule has 1 amide bonds. The van der Waals surface area contributed by atoms with E-state index in [1.165, 1.54) is 0 Å². The fourth-order valence-electron chi connectivity index (χ4n) is 2.09. The highest BCUT2D eigenvalue weighted by molar-refractivity contribution is 5.94. The van der Waals surface area contributed by atoms with Crippen LogP contribution in [-0.4, -0.2) is 29.0 Å². The number of hydrogen-bond acceptors (Lipinski definition) is 4. The molecule has 0 radical (unpaired) electrons. The number of benzene rings is 1. The van der Waals surface area contributed by atoms with Crippen LogP contribution in [0, 0.1) is 13.8 Å². The van der Waals surface area contributed by atoms with Gasteiger partial charge in [0.15, 0.2) is 0 Å². The standard InChI is InChI=1S/C16H20N4O/c1-12-9-13(2)11-14(10-12)15(21)17-5-3-6-18-16-19-7-4-8-20-16/h4,7-11H,3,5-6H2,1-2H3,(H,17,21)(H,18,19,20). The third-order valence-electron chi connectivity index (χ3n) is 2.97. The topological polar surface area (TPSA) is 66.9 Å². The Balaban J connectivity index is 1.72. The summed E-state index contributed by atoms with van der Waals surface area (Å²) in [6.45, 7) is 5.32. The van der Waals surface area contributed by atoms with Crippen LogP contribution in [0.1, 0.15) is 27.9 Å². The molecule has 5 nitrogen and oxygen atoms in total. The van der Waals surface area contributed by atoms with Crippen LogP contribution in [0.15, 0.2) is 36.7 Å². The van der Waals surface area contributed by atoms with E-state index in [0.717, 1.165) is 24.1 Å². The maximum Gasteiger partial charge on any atom is 0.251 e. The van der Waals surface area contributed by atoms with Crippen LogP contribution in [0.2, 0.25) is 0 Å². The van der Waals surface area contributed by atoms with Gasteiger partial charge in [0.05, 0.1) is 0 Å². The van der Waals surface area contributed by atoms with Gasteiger partial charge in [-0.15, -0.1) is 0 Å². The molecule has 0 bridgehead atoms. The van der Waals surface area contributed by atoms with Gasteiger partial charge in [-0.2, -0.15) is 0 Å². The van der Waals surface area contributed by atoms with E-state index in [1.807, 2.05) is 26.0 Å². The molecular weight excluding hydrogens is 264 g/mol. The van der Waals surface area contributed by atoms with Crippen molar-refractivity contribution in [3.05, 3.63) is 53.3 Å². The lowest BCUT2D eigenvalue weighted by Gasteiger charge is -2.08. The predicted octanol–water partition coefficient (Wildman–Crippen LogP) is 2.33. The minimum absolute atomic E-state index is 0.0299. The van der Waals surface area contributed by atoms with Crippen LogP contribution < -0.4 is 10.6 Å². The van der Waals surface area contributed by atoms with Gasteiger partial charge in [-0.25, -0.2) is 9.97 Å². The van der Waals surface area contributed by atoms with Crippen LogP contribution in [0.5, 0.6) is 0 Å². The van der Waals surface area contributed by atoms with Gasteiger partial charge in [-0.3, -0.25) is 4.79 Å². The summed E-state index contributed by atoms with van der Waals surface area (Å²) in [7, 11) is 0. The Morgan fingerprint density at radius 3 is 2.38 bits per heavy atom. The number of nitrogens with zero attached hydrogens (tertiary/aromatic N) is 2. The average Bonchev–Trinajstić information content (AvgIpc) is 2.47. The van der Waals surface area contributed by atoms with Crippen molar-refractivity contribution in [1.82, 2.24) is 15.3 Å². The Morgan fingerprint density at radius 2 is 1.71 bits per heavy atom. The normalized spacial score (nSPS) is 10.2. The van der Waals surface area contributed by atoms with Crippen molar-refractivity contribution in [2.75, 3.05) is 18.4 Å². The highest BCUT2D eigenvalue weighted by Crippen LogP contribution is 2.08. The van der Waals surface area contributed by atoms with Gasteiger partial charge in [0.1, 0.15) is 0 Å². The van der Waals surface area contributed by atoms with Gasteiger partial charge in [0, 0.05) is 31.0 Å². The lowest BCUT2D eigenvalue weighted by Crippen LogP contribution is -2.26. The van der Waals surface area contributed by atoms with Gasteiger partial charge >= 0.3 is 0 Å². The Bertz CT molecular complexity index is 578. The number of carbonyl (C=O) groups is 1. The third-order valence-corrected chi connectivity index (χ3v) is 2.97. The maximum absolute atomic E-state index is 12.0. The number of rotatable bonds is 6. The first kappa shape index (κ1) is 15.0. The summed E-state index contributed by atoms with van der Waals surface area (Å²) in [5.74, 6) is 0.580. The highest BCUT2D eigenvalue weighted by atomic mass is 16.1. The molecule has 21 heavy (non-hydrogen) atoms. The van der Waals surface area contributed by atoms with Crippen LogP contribution >= 0.6 is 0 Å². The number of aromatic nitrogens is 2. The van der Waals surface area contributed by atoms with E-state index in [0.29, 0.717) is 18.1 Å². The van der Waals surface area contributed by atoms with Crippen molar-refractivity contribution in [3.8, 4) is 0 Å². The summed E-state index contributed by atoms with van der Waals surface area (Å²) >= 11 is 0. The van der Waals surface area contributed by atoms with Crippen molar-refractivity contribution in [2.45, 2.75) is 20.3 Å². The molecule has 1 heterocycles. The number of carbonyl (C=O) groups excluding carboxylic acids is 1. The Morgan fingerprint density at radius 1 is 1.05 bits per heavy atom. The van der Waals surface area contributed by atoms with E-state index in [2.05, 4.69) is 26.7 Å². The van der Waals surface area contributed by atoms with Crippen LogP contribution in [-0.2, 0) is 0 Å². The fourth-order valence-corrected chi connectivity index (χ4v) is 2.09. The van der Waals surface area contributed by atoms with E-state index < -0.39 is 0 Å². The van der Waals surface area contributed by atoms with Crippen molar-refractivity contribution in [3.63, 3.8) is 0 Å². The zero-order valence-corrected chi connectivity index (χ0v) is 12.4. The predicted molar refractivity (Wildman–Crippen MR) is 83.4 cm³/mol. The molecular formula is C16H20N4O. The molecule has 0 aliphatic carbocycles. The van der Waals surface area contributed by atoms with Gasteiger partial charge < -0.3 is 10.6 Å². The molecule has 0 aliphatic rings. The monoisotopic (exact) mass is 284 g/mol. The fraction of sp³-hybridized carbons (Fsp3) is 0.312. The smallest absolute Gasteiger partial charge is 0.251 e. The molecule has 5 heteroatoms. The summed E-state index contributed by atoms with van der Waals surface area (Å²) in [6.07, 6.45) is 4.20. The SMILES string of the molecule is Cc1cc(C)cc(C(=O)NCCCNc2ncccn2)c1. The highest BCUT2D eigenvalue weighted by Gasteiger charge is 2.05. The molecule has 0 spiro atoms. The van der Waals surface area contributed by atoms with E-state index in [4.69, 9.17) is 0 Å². The van der Waals surface area contributed by atoms with Crippen LogP contribution in [0.3, 0.4) is 0 Å². The van der Waals surface area contributed by atoms with Gasteiger partial charge in [0.2, 0.25) is 5.95 Å². The molecule has 2 rings (SSSR count). The van der Waals surface area contributed by atoms with Gasteiger partial charge in [-0.1, -0.05) is 17.2 Å². The lowest BCUT2D eigenvalue weighted by atomic mass is 10.1. The lowest BCUT2D eigenvalue weighted by molar-refractivity contribution is 0.0953. The van der Waals surface area contributed by atoms with E-state index >= 15 is 0 Å². The Labute approximate surface area is 124 Å². The van der Waals surface area contributed by atoms with E-state index in [-0.39, 0.29) is 5.91 Å². The summed E-state index contributed by atoms with van der Waals surface area (Å²) < 4.78 is 0. The Hall–Kier alpha value is -2.43.